The van der Waals surface area contributed by atoms with Crippen molar-refractivity contribution in [2.45, 2.75) is 185 Å². The van der Waals surface area contributed by atoms with Gasteiger partial charge in [-0.3, -0.25) is 43.2 Å². The number of methoxy groups -OCH3 is 3. The van der Waals surface area contributed by atoms with E-state index in [-0.39, 0.29) is 126 Å². The number of allylic oxidation sites excluding steroid dienone is 3. The number of fused-ring (bicyclic) bond motifs is 9. The van der Waals surface area contributed by atoms with E-state index in [0.717, 1.165) is 24.7 Å². The number of carbonyl (C=O) groups excluding carboxylic acids is 12. The number of ketones is 3. The number of thiol groups is 2. The minimum atomic E-state index is -0.847. The second kappa shape index (κ2) is 35.0. The number of hydrogen-bond acceptors (Lipinski definition) is 33. The molecule has 114 heavy (non-hydrogen) atoms. The average molecular weight is 1660 g/mol. The van der Waals surface area contributed by atoms with Gasteiger partial charge in [-0.2, -0.15) is 25.3 Å². The molecule has 3 saturated carbocycles. The van der Waals surface area contributed by atoms with Gasteiger partial charge in [0, 0.05) is 121 Å². The third-order valence-corrected chi connectivity index (χ3v) is 26.8. The van der Waals surface area contributed by atoms with E-state index in [0.29, 0.717) is 120 Å². The number of rotatable bonds is 27. The molecule has 0 saturated heterocycles. The molecule has 0 N–H and O–H groups in total. The van der Waals surface area contributed by atoms with Crippen LogP contribution in [-0.2, 0) is 95.1 Å². The Morgan fingerprint density at radius 3 is 1.02 bits per heavy atom. The van der Waals surface area contributed by atoms with Crippen LogP contribution in [0.25, 0.3) is 0 Å². The van der Waals surface area contributed by atoms with Crippen molar-refractivity contribution in [1.29, 1.82) is 0 Å². The van der Waals surface area contributed by atoms with E-state index >= 15 is 0 Å². The SMILES string of the molecule is CCC(=O)O[C@H]1CCC2C3=C(C4c5c(coc5C3=O)C(=O)O[C@@H]4COC)[C@H](OC(C)=O)C[C@@]21C.COC[C@H]1OC(=O)c2coc3c2C1C1=C(C3=O)C2CC[C@H](OC(=O)CSCCOCCSCC(=O)O[C@H]3CCC4C5=C(C6c7c(coc7C5=O)C(=O)O[C@@H]6COC)[C@H](OC(C)=O)C[C@@]43C)[C@@]2(C)C[C@H]1OC(C)=O.SCCOCCS. The number of esters is 9. The molecule has 15 rings (SSSR count). The molecule has 33 heteroatoms. The summed E-state index contributed by atoms with van der Waals surface area (Å²) >= 11 is 10.6. The van der Waals surface area contributed by atoms with Crippen LogP contribution in [0.3, 0.4) is 0 Å². The summed E-state index contributed by atoms with van der Waals surface area (Å²) in [6, 6.07) is 0. The fourth-order valence-corrected chi connectivity index (χ4v) is 21.7. The lowest BCUT2D eigenvalue weighted by Crippen LogP contribution is -2.50. The molecular weight excluding hydrogens is 1570 g/mol. The first kappa shape index (κ1) is 84.4. The topological polar surface area (TPSA) is 373 Å². The van der Waals surface area contributed by atoms with Crippen LogP contribution >= 0.6 is 48.8 Å². The molecule has 6 unspecified atom stereocenters. The van der Waals surface area contributed by atoms with Crippen molar-refractivity contribution >= 4 is 120 Å². The highest BCUT2D eigenvalue weighted by molar-refractivity contribution is 8.00. The molecule has 3 aliphatic heterocycles. The van der Waals surface area contributed by atoms with Gasteiger partial charge in [-0.15, -0.1) is 23.5 Å². The Morgan fingerprint density at radius 1 is 0.439 bits per heavy atom. The summed E-state index contributed by atoms with van der Waals surface area (Å²) in [5.41, 5.74) is 3.03. The van der Waals surface area contributed by atoms with Crippen LogP contribution in [0.5, 0.6) is 0 Å². The van der Waals surface area contributed by atoms with Crippen molar-refractivity contribution in [2.75, 3.05) is 102 Å². The first-order chi connectivity index (χ1) is 54.6. The van der Waals surface area contributed by atoms with Crippen LogP contribution in [-0.4, -0.2) is 228 Å². The van der Waals surface area contributed by atoms with Gasteiger partial charge in [0.05, 0.1) is 75.5 Å². The number of cyclic esters (lactones) is 3. The molecule has 3 aromatic heterocycles. The number of hydrogen-bond donors (Lipinski definition) is 2. The Balaban J connectivity index is 0.000000228. The van der Waals surface area contributed by atoms with Crippen molar-refractivity contribution in [2.24, 2.45) is 34.0 Å². The molecule has 18 atom stereocenters. The highest BCUT2D eigenvalue weighted by Gasteiger charge is 2.66. The lowest BCUT2D eigenvalue weighted by atomic mass is 9.58. The molecule has 0 spiro atoms. The predicted octanol–water partition coefficient (Wildman–Crippen LogP) is 9.88. The maximum Gasteiger partial charge on any atom is 0.342 e. The first-order valence-electron chi connectivity index (χ1n) is 38.5. The summed E-state index contributed by atoms with van der Waals surface area (Å²) in [4.78, 5) is 157. The lowest BCUT2D eigenvalue weighted by molar-refractivity contribution is -0.159. The van der Waals surface area contributed by atoms with E-state index in [2.05, 4.69) is 25.3 Å². The zero-order valence-electron chi connectivity index (χ0n) is 65.2. The Labute approximate surface area is 677 Å². The zero-order chi connectivity index (χ0) is 81.6. The number of Topliss-reactive ketones (excluding diaryl/α,β-unsaturated/α-hetero) is 3. The monoisotopic (exact) mass is 1660 g/mol. The number of ether oxygens (including phenoxy) is 14. The molecule has 618 valence electrons. The third kappa shape index (κ3) is 15.5. The van der Waals surface area contributed by atoms with Crippen molar-refractivity contribution in [3.05, 3.63) is 103 Å². The Bertz CT molecular complexity index is 4240. The molecule has 9 aliphatic carbocycles. The van der Waals surface area contributed by atoms with Gasteiger partial charge in [-0.25, -0.2) is 14.4 Å². The second-order valence-corrected chi connectivity index (χ2v) is 34.4. The standard InChI is InChI=1S/C52H58O19S2.C25H28O9.C4H10OS2/c1-23(53)66-29-15-51(3)27(39-41(29)43-31(19-61-5)68-49(59)25-17-64-47(37(25)43)45(39)57)7-9-33(51)70-35(55)21-72-13-11-63-12-14-73-22-36(56)71-34-10-8-28-40-42(30(67-24(2)54)16-52(28,34)4)44-32(20-62-6)69-50(60)26-18-65-48(38(26)44)46(40)58;1-5-17(27)34-16-7-6-13-19-20(14(32-11(2)26)8-25(13,16)3)21-15(10-30-4)33-24(29)12-9-31-23(18(12)21)22(19)28;6-3-1-5-2-4-7/h17-18,27-34,43-44H,7-16,19-22H2,1-6H3;9,13-16,21H,5-8,10H2,1-4H3;6-7H,1-4H2/t27?,28?,29-,30-,31-,32-,33+,34+,43?,44?,51+,52+;13?,14-,15-,16+,21?,25+;/m11./s1. The van der Waals surface area contributed by atoms with Gasteiger partial charge in [0.1, 0.15) is 90.4 Å². The summed E-state index contributed by atoms with van der Waals surface area (Å²) in [6.45, 7) is 14.0. The van der Waals surface area contributed by atoms with Crippen LogP contribution in [0.4, 0.5) is 0 Å². The molecule has 0 bridgehead atoms. The van der Waals surface area contributed by atoms with Crippen molar-refractivity contribution in [3.8, 4) is 0 Å². The summed E-state index contributed by atoms with van der Waals surface area (Å²) < 4.78 is 97.1. The maximum atomic E-state index is 14.3. The molecule has 3 fully saturated rings. The molecule has 0 aromatic carbocycles. The van der Waals surface area contributed by atoms with E-state index in [1.807, 2.05) is 20.8 Å². The average Bonchev–Trinajstić information content (AvgIpc) is 1.46. The maximum absolute atomic E-state index is 14.3. The van der Waals surface area contributed by atoms with E-state index in [1.165, 1.54) is 84.4 Å². The molecule has 6 heterocycles. The second-order valence-electron chi connectivity index (χ2n) is 31.3. The summed E-state index contributed by atoms with van der Waals surface area (Å²) in [7, 11) is 4.49. The van der Waals surface area contributed by atoms with E-state index in [1.54, 1.807) is 6.92 Å². The molecule has 0 amide bonds. The van der Waals surface area contributed by atoms with Crippen LogP contribution in [0.2, 0.25) is 0 Å². The van der Waals surface area contributed by atoms with Gasteiger partial charge in [0.25, 0.3) is 0 Å². The van der Waals surface area contributed by atoms with E-state index in [9.17, 15) is 57.5 Å². The minimum Gasteiger partial charge on any atom is -0.462 e. The normalized spacial score (nSPS) is 31.3. The molecule has 12 aliphatic rings. The highest BCUT2D eigenvalue weighted by atomic mass is 32.2. The molecule has 0 radical (unpaired) electrons. The first-order valence-corrected chi connectivity index (χ1v) is 42.1. The number of carbonyl (C=O) groups is 12. The number of furan rings is 3. The van der Waals surface area contributed by atoms with E-state index in [4.69, 9.17) is 79.6 Å². The van der Waals surface area contributed by atoms with Gasteiger partial charge >= 0.3 is 53.7 Å². The van der Waals surface area contributed by atoms with Crippen molar-refractivity contribution in [3.63, 3.8) is 0 Å². The molecular formula is C81H96O29S4. The van der Waals surface area contributed by atoms with Gasteiger partial charge in [0.2, 0.25) is 17.3 Å². The van der Waals surface area contributed by atoms with E-state index < -0.39 is 137 Å². The van der Waals surface area contributed by atoms with Crippen LogP contribution in [0.15, 0.2) is 65.5 Å². The Hall–Kier alpha value is -7.50. The van der Waals surface area contributed by atoms with Gasteiger partial charge in [-0.05, 0) is 92.3 Å². The van der Waals surface area contributed by atoms with Gasteiger partial charge in [-0.1, -0.05) is 27.7 Å². The summed E-state index contributed by atoms with van der Waals surface area (Å²) in [6.07, 6.45) is 2.05. The smallest absolute Gasteiger partial charge is 0.342 e. The minimum absolute atomic E-state index is 0.0488. The third-order valence-electron chi connectivity index (χ3n) is 24.7. The van der Waals surface area contributed by atoms with Gasteiger partial charge < -0.3 is 79.6 Å². The summed E-state index contributed by atoms with van der Waals surface area (Å²) in [5, 5.41) is 0. The largest absolute Gasteiger partial charge is 0.462 e. The Morgan fingerprint density at radius 2 is 0.737 bits per heavy atom. The molecule has 3 aromatic rings. The Kier molecular flexibility index (Phi) is 25.9. The van der Waals surface area contributed by atoms with Crippen LogP contribution < -0.4 is 0 Å². The highest BCUT2D eigenvalue weighted by Crippen LogP contribution is 2.65. The summed E-state index contributed by atoms with van der Waals surface area (Å²) in [5.74, 6) is -5.23. The van der Waals surface area contributed by atoms with Crippen LogP contribution in [0, 0.1) is 34.0 Å². The number of thioether (sulfide) groups is 2. The van der Waals surface area contributed by atoms with Crippen molar-refractivity contribution < 1.29 is 137 Å². The fraction of sp³-hybridized carbons (Fsp3) is 0.630. The lowest BCUT2D eigenvalue weighted by Gasteiger charge is -2.48. The fourth-order valence-electron chi connectivity index (χ4n) is 20.2. The zero-order valence-corrected chi connectivity index (χ0v) is 68.6. The van der Waals surface area contributed by atoms with Crippen LogP contribution in [0.1, 0.15) is 210 Å². The quantitative estimate of drug-likeness (QED) is 0.0310. The molecule has 29 nitrogen and oxygen atoms in total. The van der Waals surface area contributed by atoms with Crippen molar-refractivity contribution in [1.82, 2.24) is 0 Å². The predicted molar refractivity (Wildman–Crippen MR) is 409 cm³/mol. The van der Waals surface area contributed by atoms with Gasteiger partial charge in [0.15, 0.2) is 17.3 Å².